The summed E-state index contributed by atoms with van der Waals surface area (Å²) in [5.74, 6) is 1.90. The van der Waals surface area contributed by atoms with Crippen molar-refractivity contribution in [2.24, 2.45) is 22.9 Å². The molecule has 2 bridgehead atoms. The van der Waals surface area contributed by atoms with Crippen molar-refractivity contribution in [1.29, 1.82) is 0 Å². The van der Waals surface area contributed by atoms with Crippen molar-refractivity contribution in [3.63, 3.8) is 0 Å². The molecule has 1 amide bonds. The molecule has 0 aliphatic heterocycles. The lowest BCUT2D eigenvalue weighted by molar-refractivity contribution is -0.117. The molecule has 3 N–H and O–H groups in total. The van der Waals surface area contributed by atoms with E-state index in [2.05, 4.69) is 5.32 Å². The maximum absolute atomic E-state index is 12.5. The van der Waals surface area contributed by atoms with Gasteiger partial charge in [-0.1, -0.05) is 6.42 Å². The minimum atomic E-state index is -3.80. The molecule has 2 aliphatic rings. The van der Waals surface area contributed by atoms with E-state index in [1.807, 2.05) is 19.0 Å². The van der Waals surface area contributed by atoms with Crippen LogP contribution in [0.5, 0.6) is 0 Å². The number of nitrogens with two attached hydrogens (primary N) is 1. The Kier molecular flexibility index (Phi) is 4.57. The summed E-state index contributed by atoms with van der Waals surface area (Å²) in [4.78, 5) is 14.3. The van der Waals surface area contributed by atoms with E-state index in [0.29, 0.717) is 23.9 Å². The third kappa shape index (κ3) is 3.57. The van der Waals surface area contributed by atoms with Gasteiger partial charge in [0.15, 0.2) is 0 Å². The summed E-state index contributed by atoms with van der Waals surface area (Å²) < 4.78 is 23.1. The number of anilines is 2. The number of nitrogens with zero attached hydrogens (tertiary/aromatic N) is 1. The summed E-state index contributed by atoms with van der Waals surface area (Å²) >= 11 is 0. The van der Waals surface area contributed by atoms with Crippen molar-refractivity contribution in [1.82, 2.24) is 0 Å². The normalized spacial score (nSPS) is 25.7. The summed E-state index contributed by atoms with van der Waals surface area (Å²) in [6.07, 6.45) is 5.47. The van der Waals surface area contributed by atoms with E-state index >= 15 is 0 Å². The highest BCUT2D eigenvalue weighted by atomic mass is 32.2. The van der Waals surface area contributed by atoms with Crippen LogP contribution >= 0.6 is 0 Å². The van der Waals surface area contributed by atoms with Crippen LogP contribution in [0.2, 0.25) is 0 Å². The Hall–Kier alpha value is -1.60. The first kappa shape index (κ1) is 17.2. The first-order valence-corrected chi connectivity index (χ1v) is 9.92. The van der Waals surface area contributed by atoms with E-state index in [0.717, 1.165) is 18.0 Å². The first-order chi connectivity index (χ1) is 11.2. The second-order valence-corrected chi connectivity index (χ2v) is 8.87. The average molecular weight is 351 g/mol. The van der Waals surface area contributed by atoms with E-state index in [9.17, 15) is 13.2 Å². The van der Waals surface area contributed by atoms with E-state index in [-0.39, 0.29) is 10.8 Å². The van der Waals surface area contributed by atoms with E-state index in [1.54, 1.807) is 6.07 Å². The minimum Gasteiger partial charge on any atom is -0.376 e. The minimum absolute atomic E-state index is 0.00308. The van der Waals surface area contributed by atoms with Crippen LogP contribution < -0.4 is 15.4 Å². The quantitative estimate of drug-likeness (QED) is 0.850. The molecule has 0 aromatic heterocycles. The number of primary sulfonamides is 1. The molecule has 3 rings (SSSR count). The highest BCUT2D eigenvalue weighted by Gasteiger charge is 2.40. The highest BCUT2D eigenvalue weighted by molar-refractivity contribution is 7.89. The largest absolute Gasteiger partial charge is 0.376 e. The van der Waals surface area contributed by atoms with Gasteiger partial charge < -0.3 is 10.2 Å². The number of hydrogen-bond acceptors (Lipinski definition) is 4. The number of fused-ring (bicyclic) bond motifs is 2. The summed E-state index contributed by atoms with van der Waals surface area (Å²) in [6, 6.07) is 4.55. The fraction of sp³-hybridized carbons (Fsp3) is 0.588. The average Bonchev–Trinajstić information content (AvgIpc) is 3.08. The van der Waals surface area contributed by atoms with Crippen molar-refractivity contribution < 1.29 is 13.2 Å². The lowest BCUT2D eigenvalue weighted by atomic mass is 9.86. The summed E-state index contributed by atoms with van der Waals surface area (Å²) in [6.45, 7) is 0. The summed E-state index contributed by atoms with van der Waals surface area (Å²) in [5, 5.41) is 8.09. The van der Waals surface area contributed by atoms with Crippen molar-refractivity contribution in [2.45, 2.75) is 37.0 Å². The number of rotatable bonds is 5. The van der Waals surface area contributed by atoms with Gasteiger partial charge in [-0.15, -0.1) is 0 Å². The monoisotopic (exact) mass is 351 g/mol. The highest BCUT2D eigenvalue weighted by Crippen LogP contribution is 2.49. The van der Waals surface area contributed by atoms with Gasteiger partial charge in [0, 0.05) is 20.5 Å². The predicted molar refractivity (Wildman–Crippen MR) is 94.3 cm³/mol. The van der Waals surface area contributed by atoms with Gasteiger partial charge in [-0.3, -0.25) is 4.79 Å². The standard InChI is InChI=1S/C17H25N3O3S/c1-20(2)16-6-5-14(24(18,22)23)10-15(16)19-17(21)9-13-8-11-3-4-12(13)7-11/h5-6,10-13H,3-4,7-9H2,1-2H3,(H,19,21)(H2,18,22,23)/t11-,12-,13-/m1/s1. The second-order valence-electron chi connectivity index (χ2n) is 7.31. The van der Waals surface area contributed by atoms with Crippen molar-refractivity contribution in [2.75, 3.05) is 24.3 Å². The van der Waals surface area contributed by atoms with Crippen LogP contribution in [-0.2, 0) is 14.8 Å². The van der Waals surface area contributed by atoms with Crippen molar-refractivity contribution in [3.8, 4) is 0 Å². The molecule has 132 valence electrons. The number of carbonyl (C=O) groups is 1. The Morgan fingerprint density at radius 3 is 2.58 bits per heavy atom. The molecule has 0 heterocycles. The molecule has 2 aliphatic carbocycles. The van der Waals surface area contributed by atoms with Crippen LogP contribution in [-0.4, -0.2) is 28.4 Å². The van der Waals surface area contributed by atoms with Crippen molar-refractivity contribution >= 4 is 27.3 Å². The van der Waals surface area contributed by atoms with Crippen molar-refractivity contribution in [3.05, 3.63) is 18.2 Å². The van der Waals surface area contributed by atoms with E-state index < -0.39 is 10.0 Å². The molecule has 7 heteroatoms. The van der Waals surface area contributed by atoms with E-state index in [4.69, 9.17) is 5.14 Å². The molecule has 2 fully saturated rings. The molecule has 2 saturated carbocycles. The van der Waals surface area contributed by atoms with Gasteiger partial charge in [0.05, 0.1) is 16.3 Å². The third-order valence-electron chi connectivity index (χ3n) is 5.38. The van der Waals surface area contributed by atoms with Crippen LogP contribution in [0.15, 0.2) is 23.1 Å². The van der Waals surface area contributed by atoms with Gasteiger partial charge in [-0.05, 0) is 55.2 Å². The zero-order valence-electron chi connectivity index (χ0n) is 14.2. The SMILES string of the molecule is CN(C)c1ccc(S(N)(=O)=O)cc1NC(=O)C[C@H]1C[C@@H]2CC[C@@H]1C2. The topological polar surface area (TPSA) is 92.5 Å². The molecule has 0 unspecified atom stereocenters. The molecule has 0 spiro atoms. The van der Waals surface area contributed by atoms with Crippen LogP contribution in [0.25, 0.3) is 0 Å². The van der Waals surface area contributed by atoms with Crippen LogP contribution in [0.4, 0.5) is 11.4 Å². The Labute approximate surface area is 143 Å². The predicted octanol–water partition coefficient (Wildman–Crippen LogP) is 2.16. The molecule has 3 atom stereocenters. The molecule has 24 heavy (non-hydrogen) atoms. The Bertz CT molecular complexity index is 745. The van der Waals surface area contributed by atoms with Gasteiger partial charge in [0.1, 0.15) is 0 Å². The van der Waals surface area contributed by atoms with Gasteiger partial charge in [-0.25, -0.2) is 13.6 Å². The number of sulfonamides is 1. The third-order valence-corrected chi connectivity index (χ3v) is 6.30. The molecule has 1 aromatic carbocycles. The fourth-order valence-electron chi connectivity index (χ4n) is 4.25. The zero-order chi connectivity index (χ0) is 17.5. The van der Waals surface area contributed by atoms with Gasteiger partial charge >= 0.3 is 0 Å². The molecule has 6 nitrogen and oxygen atoms in total. The number of hydrogen-bond donors (Lipinski definition) is 2. The fourth-order valence-corrected chi connectivity index (χ4v) is 4.79. The second kappa shape index (κ2) is 6.37. The number of benzene rings is 1. The number of amides is 1. The van der Waals surface area contributed by atoms with Crippen LogP contribution in [0.3, 0.4) is 0 Å². The van der Waals surface area contributed by atoms with Crippen LogP contribution in [0, 0.1) is 17.8 Å². The summed E-state index contributed by atoms with van der Waals surface area (Å²) in [5.41, 5.74) is 1.24. The molecule has 0 radical (unpaired) electrons. The number of carbonyl (C=O) groups excluding carboxylic acids is 1. The molecule has 1 aromatic rings. The lowest BCUT2D eigenvalue weighted by Gasteiger charge is -2.22. The molecular formula is C17H25N3O3S. The summed E-state index contributed by atoms with van der Waals surface area (Å²) in [7, 11) is -0.113. The molecule has 0 saturated heterocycles. The van der Waals surface area contributed by atoms with Gasteiger partial charge in [0.2, 0.25) is 15.9 Å². The molecular weight excluding hydrogens is 326 g/mol. The number of nitrogens with one attached hydrogen (secondary N) is 1. The maximum Gasteiger partial charge on any atom is 0.238 e. The van der Waals surface area contributed by atoms with Gasteiger partial charge in [-0.2, -0.15) is 0 Å². The Morgan fingerprint density at radius 2 is 2.04 bits per heavy atom. The zero-order valence-corrected chi connectivity index (χ0v) is 15.0. The maximum atomic E-state index is 12.5. The van der Waals surface area contributed by atoms with Gasteiger partial charge in [0.25, 0.3) is 0 Å². The Morgan fingerprint density at radius 1 is 1.29 bits per heavy atom. The Balaban J connectivity index is 1.76. The smallest absolute Gasteiger partial charge is 0.238 e. The lowest BCUT2D eigenvalue weighted by Crippen LogP contribution is -2.22. The van der Waals surface area contributed by atoms with Crippen LogP contribution in [0.1, 0.15) is 32.1 Å². The van der Waals surface area contributed by atoms with E-state index in [1.165, 1.54) is 31.4 Å². The first-order valence-electron chi connectivity index (χ1n) is 8.38.